The second-order valence-electron chi connectivity index (χ2n) is 4.35. The van der Waals surface area contributed by atoms with Gasteiger partial charge in [0, 0.05) is 18.5 Å². The van der Waals surface area contributed by atoms with Crippen LogP contribution in [0.1, 0.15) is 39.5 Å². The topological polar surface area (TPSA) is 46.3 Å². The van der Waals surface area contributed by atoms with E-state index in [0.29, 0.717) is 18.5 Å². The number of carbonyl (C=O) groups is 1. The number of hydrogen-bond acceptors (Lipinski definition) is 2. The zero-order valence-electron chi connectivity index (χ0n) is 9.33. The SMILES string of the molecule is CC(CCN)C(=O)N1CCCCC1C. The van der Waals surface area contributed by atoms with Gasteiger partial charge in [0.05, 0.1) is 0 Å². The molecule has 2 unspecified atom stereocenters. The van der Waals surface area contributed by atoms with E-state index in [0.717, 1.165) is 25.8 Å². The summed E-state index contributed by atoms with van der Waals surface area (Å²) < 4.78 is 0. The molecule has 0 aliphatic carbocycles. The molecule has 3 nitrogen and oxygen atoms in total. The van der Waals surface area contributed by atoms with E-state index in [4.69, 9.17) is 5.73 Å². The zero-order chi connectivity index (χ0) is 10.6. The van der Waals surface area contributed by atoms with Crippen LogP contribution in [-0.2, 0) is 4.79 Å². The van der Waals surface area contributed by atoms with E-state index in [1.807, 2.05) is 11.8 Å². The maximum absolute atomic E-state index is 12.0. The van der Waals surface area contributed by atoms with E-state index in [2.05, 4.69) is 6.92 Å². The molecule has 0 bridgehead atoms. The van der Waals surface area contributed by atoms with E-state index in [1.165, 1.54) is 6.42 Å². The molecule has 2 atom stereocenters. The van der Waals surface area contributed by atoms with Crippen molar-refractivity contribution in [2.75, 3.05) is 13.1 Å². The number of nitrogens with two attached hydrogens (primary N) is 1. The smallest absolute Gasteiger partial charge is 0.225 e. The van der Waals surface area contributed by atoms with Gasteiger partial charge in [-0.1, -0.05) is 6.92 Å². The molecule has 0 radical (unpaired) electrons. The molecule has 3 heteroatoms. The van der Waals surface area contributed by atoms with Gasteiger partial charge < -0.3 is 10.6 Å². The van der Waals surface area contributed by atoms with Crippen LogP contribution in [-0.4, -0.2) is 29.9 Å². The predicted octanol–water partition coefficient (Wildman–Crippen LogP) is 1.37. The maximum Gasteiger partial charge on any atom is 0.225 e. The van der Waals surface area contributed by atoms with E-state index >= 15 is 0 Å². The summed E-state index contributed by atoms with van der Waals surface area (Å²) >= 11 is 0. The first kappa shape index (κ1) is 11.5. The lowest BCUT2D eigenvalue weighted by molar-refractivity contribution is -0.138. The van der Waals surface area contributed by atoms with Gasteiger partial charge in [-0.2, -0.15) is 0 Å². The van der Waals surface area contributed by atoms with E-state index in [9.17, 15) is 4.79 Å². The third-order valence-electron chi connectivity index (χ3n) is 3.11. The van der Waals surface area contributed by atoms with Gasteiger partial charge in [-0.25, -0.2) is 0 Å². The molecular formula is C11H22N2O. The van der Waals surface area contributed by atoms with Crippen LogP contribution in [0.2, 0.25) is 0 Å². The van der Waals surface area contributed by atoms with Crippen molar-refractivity contribution in [2.24, 2.45) is 11.7 Å². The molecule has 2 N–H and O–H groups in total. The molecule has 0 aromatic heterocycles. The van der Waals surface area contributed by atoms with Crippen LogP contribution in [0.3, 0.4) is 0 Å². The third-order valence-corrected chi connectivity index (χ3v) is 3.11. The second kappa shape index (κ2) is 5.35. The molecule has 1 fully saturated rings. The minimum Gasteiger partial charge on any atom is -0.340 e. The van der Waals surface area contributed by atoms with Crippen LogP contribution in [0.4, 0.5) is 0 Å². The van der Waals surface area contributed by atoms with E-state index in [-0.39, 0.29) is 5.92 Å². The Balaban J connectivity index is 2.49. The Morgan fingerprint density at radius 2 is 2.29 bits per heavy atom. The van der Waals surface area contributed by atoms with Crippen LogP contribution < -0.4 is 5.73 Å². The second-order valence-corrected chi connectivity index (χ2v) is 4.35. The van der Waals surface area contributed by atoms with Crippen LogP contribution >= 0.6 is 0 Å². The molecule has 1 heterocycles. The molecule has 1 aliphatic heterocycles. The van der Waals surface area contributed by atoms with Crippen molar-refractivity contribution in [3.8, 4) is 0 Å². The van der Waals surface area contributed by atoms with Crippen LogP contribution in [0.25, 0.3) is 0 Å². The molecule has 1 aliphatic rings. The number of likely N-dealkylation sites (tertiary alicyclic amines) is 1. The summed E-state index contributed by atoms with van der Waals surface area (Å²) in [6.45, 7) is 5.67. The standard InChI is InChI=1S/C11H22N2O/c1-9(6-7-12)11(14)13-8-4-3-5-10(13)2/h9-10H,3-8,12H2,1-2H3. The molecule has 14 heavy (non-hydrogen) atoms. The number of amides is 1. The molecule has 0 spiro atoms. The summed E-state index contributed by atoms with van der Waals surface area (Å²) in [5.74, 6) is 0.392. The summed E-state index contributed by atoms with van der Waals surface area (Å²) in [5, 5.41) is 0. The average molecular weight is 198 g/mol. The van der Waals surface area contributed by atoms with Crippen molar-refractivity contribution in [2.45, 2.75) is 45.6 Å². The Bertz CT molecular complexity index is 194. The molecule has 0 aromatic rings. The van der Waals surface area contributed by atoms with Crippen molar-refractivity contribution in [1.29, 1.82) is 0 Å². The molecular weight excluding hydrogens is 176 g/mol. The first-order valence-electron chi connectivity index (χ1n) is 5.67. The number of hydrogen-bond donors (Lipinski definition) is 1. The Labute approximate surface area is 86.6 Å². The Hall–Kier alpha value is -0.570. The zero-order valence-corrected chi connectivity index (χ0v) is 9.33. The summed E-state index contributed by atoms with van der Waals surface area (Å²) in [6.07, 6.45) is 4.38. The fourth-order valence-electron chi connectivity index (χ4n) is 2.08. The minimum absolute atomic E-state index is 0.0977. The minimum atomic E-state index is 0.0977. The lowest BCUT2D eigenvalue weighted by atomic mass is 9.99. The van der Waals surface area contributed by atoms with Gasteiger partial charge in [-0.3, -0.25) is 4.79 Å². The lowest BCUT2D eigenvalue weighted by Crippen LogP contribution is -2.44. The largest absolute Gasteiger partial charge is 0.340 e. The number of nitrogens with zero attached hydrogens (tertiary/aromatic N) is 1. The highest BCUT2D eigenvalue weighted by molar-refractivity contribution is 5.78. The number of carbonyl (C=O) groups excluding carboxylic acids is 1. The summed E-state index contributed by atoms with van der Waals surface area (Å²) in [7, 11) is 0. The van der Waals surface area contributed by atoms with Gasteiger partial charge in [-0.05, 0) is 39.2 Å². The normalized spacial score (nSPS) is 24.8. The van der Waals surface area contributed by atoms with Gasteiger partial charge in [0.25, 0.3) is 0 Å². The van der Waals surface area contributed by atoms with Crippen molar-refractivity contribution in [1.82, 2.24) is 4.90 Å². The Morgan fingerprint density at radius 3 is 2.86 bits per heavy atom. The fraction of sp³-hybridized carbons (Fsp3) is 0.909. The van der Waals surface area contributed by atoms with E-state index in [1.54, 1.807) is 0 Å². The van der Waals surface area contributed by atoms with Crippen LogP contribution in [0.15, 0.2) is 0 Å². The number of rotatable bonds is 3. The third kappa shape index (κ3) is 2.71. The summed E-state index contributed by atoms with van der Waals surface area (Å²) in [6, 6.07) is 0.427. The van der Waals surface area contributed by atoms with Gasteiger partial charge in [0.15, 0.2) is 0 Å². The van der Waals surface area contributed by atoms with Crippen molar-refractivity contribution >= 4 is 5.91 Å². The summed E-state index contributed by atoms with van der Waals surface area (Å²) in [4.78, 5) is 14.0. The van der Waals surface area contributed by atoms with Gasteiger partial charge in [0.2, 0.25) is 5.91 Å². The number of piperidine rings is 1. The highest BCUT2D eigenvalue weighted by Gasteiger charge is 2.26. The van der Waals surface area contributed by atoms with Crippen molar-refractivity contribution in [3.05, 3.63) is 0 Å². The average Bonchev–Trinajstić information content (AvgIpc) is 2.18. The molecule has 1 saturated heterocycles. The van der Waals surface area contributed by atoms with Crippen LogP contribution in [0, 0.1) is 5.92 Å². The van der Waals surface area contributed by atoms with Crippen molar-refractivity contribution in [3.63, 3.8) is 0 Å². The van der Waals surface area contributed by atoms with Gasteiger partial charge in [0.1, 0.15) is 0 Å². The highest BCUT2D eigenvalue weighted by atomic mass is 16.2. The predicted molar refractivity (Wildman–Crippen MR) is 57.9 cm³/mol. The molecule has 1 rings (SSSR count). The fourth-order valence-corrected chi connectivity index (χ4v) is 2.08. The first-order valence-corrected chi connectivity index (χ1v) is 5.67. The maximum atomic E-state index is 12.0. The Morgan fingerprint density at radius 1 is 1.57 bits per heavy atom. The highest BCUT2D eigenvalue weighted by Crippen LogP contribution is 2.19. The molecule has 0 saturated carbocycles. The van der Waals surface area contributed by atoms with Crippen LogP contribution in [0.5, 0.6) is 0 Å². The van der Waals surface area contributed by atoms with E-state index < -0.39 is 0 Å². The summed E-state index contributed by atoms with van der Waals surface area (Å²) in [5.41, 5.74) is 5.46. The Kier molecular flexibility index (Phi) is 4.39. The molecule has 1 amide bonds. The van der Waals surface area contributed by atoms with Crippen molar-refractivity contribution < 1.29 is 4.79 Å². The lowest BCUT2D eigenvalue weighted by Gasteiger charge is -2.35. The molecule has 82 valence electrons. The monoisotopic (exact) mass is 198 g/mol. The molecule has 0 aromatic carbocycles. The van der Waals surface area contributed by atoms with Gasteiger partial charge >= 0.3 is 0 Å². The van der Waals surface area contributed by atoms with Gasteiger partial charge in [-0.15, -0.1) is 0 Å². The quantitative estimate of drug-likeness (QED) is 0.744. The first-order chi connectivity index (χ1) is 6.66.